The van der Waals surface area contributed by atoms with E-state index < -0.39 is 51.7 Å². The molecular weight excluding hydrogens is 419 g/mol. The summed E-state index contributed by atoms with van der Waals surface area (Å²) in [5.41, 5.74) is -2.42. The fraction of sp³-hybridized carbons (Fsp3) is 0.364. The molecule has 0 aliphatic rings. The Morgan fingerprint density at radius 1 is 1.19 bits per heavy atom. The number of nitrogens with one attached hydrogen (secondary N) is 1. The Balaban J connectivity index is 2.41. The molecule has 2 unspecified atom stereocenters. The minimum Gasteiger partial charge on any atom is -0.383 e. The standard InChI is InChI=1S/C22H27N2O6P/c1-22(2,20(25)21(26)24-15-9-14-23)16-29-31(27,28)30-19(17-10-5-3-6-11-17)18-12-7-4-8-13-18/h3-8,10-13,19-20,25H,9,15-16H2,1-2H3,(H,24,26)(H,27,28)/i1D3,2D3. The number of hydrogen-bond acceptors (Lipinski definition) is 6. The number of nitrogens with zero attached hydrogens (tertiary/aromatic N) is 1. The highest BCUT2D eigenvalue weighted by atomic mass is 31.2. The van der Waals surface area contributed by atoms with Crippen molar-refractivity contribution in [3.63, 3.8) is 0 Å². The smallest absolute Gasteiger partial charge is 0.383 e. The molecule has 0 saturated heterocycles. The van der Waals surface area contributed by atoms with Crippen molar-refractivity contribution in [2.75, 3.05) is 13.2 Å². The van der Waals surface area contributed by atoms with E-state index in [9.17, 15) is 19.4 Å². The van der Waals surface area contributed by atoms with E-state index in [1.165, 1.54) is 0 Å². The number of phosphoric ester groups is 1. The van der Waals surface area contributed by atoms with Crippen molar-refractivity contribution in [1.82, 2.24) is 5.32 Å². The van der Waals surface area contributed by atoms with Crippen LogP contribution in [0.5, 0.6) is 0 Å². The molecule has 2 aromatic rings. The first-order valence-electron chi connectivity index (χ1n) is 12.2. The lowest BCUT2D eigenvalue weighted by Crippen LogP contribution is -2.46. The highest BCUT2D eigenvalue weighted by Gasteiger charge is 2.37. The number of phosphoric acid groups is 1. The maximum Gasteiger partial charge on any atom is 0.473 e. The number of nitriles is 1. The van der Waals surface area contributed by atoms with Gasteiger partial charge in [0.05, 0.1) is 19.1 Å². The maximum atomic E-state index is 13.0. The predicted molar refractivity (Wildman–Crippen MR) is 115 cm³/mol. The van der Waals surface area contributed by atoms with Crippen LogP contribution in [0.25, 0.3) is 0 Å². The molecule has 166 valence electrons. The Morgan fingerprint density at radius 3 is 2.23 bits per heavy atom. The summed E-state index contributed by atoms with van der Waals surface area (Å²) in [7, 11) is -5.20. The van der Waals surface area contributed by atoms with Crippen LogP contribution in [-0.2, 0) is 18.4 Å². The molecule has 0 aliphatic heterocycles. The van der Waals surface area contributed by atoms with Crippen molar-refractivity contribution >= 4 is 13.7 Å². The van der Waals surface area contributed by atoms with Gasteiger partial charge >= 0.3 is 7.82 Å². The van der Waals surface area contributed by atoms with Crippen molar-refractivity contribution in [2.24, 2.45) is 5.41 Å². The molecule has 0 fully saturated rings. The van der Waals surface area contributed by atoms with E-state index in [1.807, 2.05) is 0 Å². The molecule has 0 saturated carbocycles. The monoisotopic (exact) mass is 452 g/mol. The second kappa shape index (κ2) is 11.2. The zero-order valence-corrected chi connectivity index (χ0v) is 17.4. The molecule has 2 rings (SSSR count). The van der Waals surface area contributed by atoms with Crippen molar-refractivity contribution in [2.45, 2.75) is 32.3 Å². The lowest BCUT2D eigenvalue weighted by Gasteiger charge is -2.30. The van der Waals surface area contributed by atoms with Gasteiger partial charge in [-0.25, -0.2) is 4.57 Å². The fourth-order valence-electron chi connectivity index (χ4n) is 2.56. The first-order valence-corrected chi connectivity index (χ1v) is 10.7. The van der Waals surface area contributed by atoms with Crippen LogP contribution in [0.15, 0.2) is 60.7 Å². The van der Waals surface area contributed by atoms with Gasteiger partial charge in [-0.2, -0.15) is 5.26 Å². The number of aliphatic hydroxyl groups is 1. The second-order valence-corrected chi connectivity index (χ2v) is 8.03. The molecule has 9 heteroatoms. The molecule has 0 spiro atoms. The van der Waals surface area contributed by atoms with Crippen molar-refractivity contribution < 1.29 is 36.6 Å². The van der Waals surface area contributed by atoms with Crippen molar-refractivity contribution in [1.29, 1.82) is 5.26 Å². The first kappa shape index (κ1) is 17.1. The van der Waals surface area contributed by atoms with Gasteiger partial charge in [0.1, 0.15) is 12.2 Å². The van der Waals surface area contributed by atoms with Gasteiger partial charge in [0.2, 0.25) is 5.91 Å². The highest BCUT2D eigenvalue weighted by Crippen LogP contribution is 2.50. The van der Waals surface area contributed by atoms with Crippen molar-refractivity contribution in [3.8, 4) is 6.07 Å². The molecule has 3 N–H and O–H groups in total. The molecule has 0 bridgehead atoms. The molecule has 2 atom stereocenters. The van der Waals surface area contributed by atoms with Gasteiger partial charge in [0, 0.05) is 20.2 Å². The van der Waals surface area contributed by atoms with Crippen LogP contribution in [-0.4, -0.2) is 35.2 Å². The van der Waals surface area contributed by atoms with E-state index >= 15 is 0 Å². The second-order valence-electron chi connectivity index (χ2n) is 6.62. The summed E-state index contributed by atoms with van der Waals surface area (Å²) in [5.74, 6) is -1.40. The topological polar surface area (TPSA) is 129 Å². The van der Waals surface area contributed by atoms with Gasteiger partial charge in [-0.3, -0.25) is 13.8 Å². The van der Waals surface area contributed by atoms with Gasteiger partial charge in [0.25, 0.3) is 0 Å². The third-order valence-corrected chi connectivity index (χ3v) is 5.08. The molecule has 0 heterocycles. The Kier molecular flexibility index (Phi) is 6.16. The summed E-state index contributed by atoms with van der Waals surface area (Å²) in [5, 5.41) is 21.3. The van der Waals surface area contributed by atoms with Crippen LogP contribution in [0, 0.1) is 16.7 Å². The van der Waals surface area contributed by atoms with E-state index in [-0.39, 0.29) is 13.0 Å². The zero-order valence-electron chi connectivity index (χ0n) is 22.5. The quantitative estimate of drug-likeness (QED) is 0.352. The van der Waals surface area contributed by atoms with Gasteiger partial charge < -0.3 is 15.3 Å². The van der Waals surface area contributed by atoms with Crippen LogP contribution >= 0.6 is 7.82 Å². The number of hydrogen-bond donors (Lipinski definition) is 3. The van der Waals surface area contributed by atoms with E-state index in [2.05, 4.69) is 5.32 Å². The van der Waals surface area contributed by atoms with Crippen LogP contribution in [0.1, 0.15) is 45.6 Å². The SMILES string of the molecule is [2H]C([2H])([2H])C(COP(=O)(O)OC(c1ccccc1)c1ccccc1)(C(O)C(=O)NCCC#N)C([2H])([2H])[2H]. The molecule has 8 nitrogen and oxygen atoms in total. The summed E-state index contributed by atoms with van der Waals surface area (Å²) >= 11 is 0. The van der Waals surface area contributed by atoms with E-state index in [1.54, 1.807) is 66.7 Å². The Bertz CT molecular complexity index is 1070. The predicted octanol–water partition coefficient (Wildman–Crippen LogP) is 3.33. The number of benzene rings is 2. The molecule has 2 aromatic carbocycles. The Hall–Kier alpha value is -2.53. The third-order valence-electron chi connectivity index (χ3n) is 4.15. The van der Waals surface area contributed by atoms with Crippen LogP contribution in [0.2, 0.25) is 0 Å². The lowest BCUT2D eigenvalue weighted by molar-refractivity contribution is -0.136. The maximum absolute atomic E-state index is 13.0. The fourth-order valence-corrected chi connectivity index (χ4v) is 3.50. The zero-order chi connectivity index (χ0) is 27.9. The lowest BCUT2D eigenvalue weighted by atomic mass is 9.87. The Morgan fingerprint density at radius 2 is 1.74 bits per heavy atom. The van der Waals surface area contributed by atoms with Crippen molar-refractivity contribution in [3.05, 3.63) is 71.8 Å². The van der Waals surface area contributed by atoms with Gasteiger partial charge in [-0.05, 0) is 11.1 Å². The number of rotatable bonds is 11. The van der Waals surface area contributed by atoms with E-state index in [0.717, 1.165) is 0 Å². The Labute approximate surface area is 190 Å². The minimum atomic E-state index is -5.20. The number of amides is 1. The molecule has 0 aliphatic carbocycles. The summed E-state index contributed by atoms with van der Waals surface area (Å²) in [6, 6.07) is 18.2. The normalized spacial score (nSPS) is 18.1. The van der Waals surface area contributed by atoms with Crippen LogP contribution in [0.3, 0.4) is 0 Å². The van der Waals surface area contributed by atoms with Crippen LogP contribution < -0.4 is 5.32 Å². The van der Waals surface area contributed by atoms with Gasteiger partial charge in [-0.1, -0.05) is 74.4 Å². The first-order chi connectivity index (χ1) is 17.2. The molecule has 0 radical (unpaired) electrons. The molecule has 31 heavy (non-hydrogen) atoms. The summed E-state index contributed by atoms with van der Waals surface area (Å²) in [4.78, 5) is 23.0. The number of aliphatic hydroxyl groups excluding tert-OH is 1. The highest BCUT2D eigenvalue weighted by molar-refractivity contribution is 7.47. The largest absolute Gasteiger partial charge is 0.473 e. The van der Waals surface area contributed by atoms with Gasteiger partial charge in [0.15, 0.2) is 0 Å². The summed E-state index contributed by atoms with van der Waals surface area (Å²) in [6.45, 7) is -8.98. The molecule has 0 aromatic heterocycles. The van der Waals surface area contributed by atoms with E-state index in [4.69, 9.17) is 22.5 Å². The average Bonchev–Trinajstić information content (AvgIpc) is 2.82. The van der Waals surface area contributed by atoms with E-state index in [0.29, 0.717) is 11.1 Å². The molecule has 1 amide bonds. The summed E-state index contributed by atoms with van der Waals surface area (Å²) < 4.78 is 70.3. The van der Waals surface area contributed by atoms with Gasteiger partial charge in [-0.15, -0.1) is 0 Å². The summed E-state index contributed by atoms with van der Waals surface area (Å²) in [6.07, 6.45) is -4.07. The number of carbonyl (C=O) groups is 1. The van der Waals surface area contributed by atoms with Crippen LogP contribution in [0.4, 0.5) is 0 Å². The number of carbonyl (C=O) groups excluding carboxylic acids is 1. The third kappa shape index (κ3) is 7.59. The average molecular weight is 452 g/mol. The molecular formula is C22H27N2O6P. The minimum absolute atomic E-state index is 0.191.